The molecule has 3 aliphatic rings. The Hall–Kier alpha value is -0.320. The van der Waals surface area contributed by atoms with E-state index in [1.807, 2.05) is 0 Å². The predicted octanol–water partition coefficient (Wildman–Crippen LogP) is 1.97. The molecule has 5 heteroatoms. The summed E-state index contributed by atoms with van der Waals surface area (Å²) in [7, 11) is 0. The van der Waals surface area contributed by atoms with Crippen LogP contribution in [-0.4, -0.2) is 49.7 Å². The summed E-state index contributed by atoms with van der Waals surface area (Å²) >= 11 is 0. The van der Waals surface area contributed by atoms with Gasteiger partial charge in [-0.2, -0.15) is 0 Å². The minimum absolute atomic E-state index is 0. The number of hydrogen-bond acceptors (Lipinski definition) is 3. The number of carbonyl (C=O) groups is 1. The van der Waals surface area contributed by atoms with Gasteiger partial charge in [-0.05, 0) is 50.5 Å². The average molecular weight is 303 g/mol. The van der Waals surface area contributed by atoms with E-state index < -0.39 is 0 Å². The van der Waals surface area contributed by atoms with Gasteiger partial charge in [0.2, 0.25) is 5.91 Å². The molecule has 4 nitrogen and oxygen atoms in total. The van der Waals surface area contributed by atoms with Gasteiger partial charge < -0.3 is 15.0 Å². The van der Waals surface area contributed by atoms with Crippen LogP contribution in [0.2, 0.25) is 0 Å². The fraction of sp³-hybridized carbons (Fsp3) is 0.933. The quantitative estimate of drug-likeness (QED) is 0.848. The van der Waals surface area contributed by atoms with Gasteiger partial charge in [0.15, 0.2) is 0 Å². The molecule has 3 heterocycles. The summed E-state index contributed by atoms with van der Waals surface area (Å²) in [5.74, 6) is 0.313. The number of ether oxygens (including phenoxy) is 1. The van der Waals surface area contributed by atoms with Gasteiger partial charge in [-0.1, -0.05) is 0 Å². The molecule has 3 aliphatic heterocycles. The number of rotatable bonds is 2. The lowest BCUT2D eigenvalue weighted by molar-refractivity contribution is -0.137. The smallest absolute Gasteiger partial charge is 0.225 e. The zero-order valence-corrected chi connectivity index (χ0v) is 13.1. The van der Waals surface area contributed by atoms with Gasteiger partial charge >= 0.3 is 0 Å². The highest BCUT2D eigenvalue weighted by Crippen LogP contribution is 2.37. The van der Waals surface area contributed by atoms with Crippen molar-refractivity contribution in [2.45, 2.75) is 51.0 Å². The second kappa shape index (κ2) is 7.10. The first kappa shape index (κ1) is 16.1. The van der Waals surface area contributed by atoms with Crippen LogP contribution in [0.5, 0.6) is 0 Å². The minimum atomic E-state index is 0. The van der Waals surface area contributed by atoms with E-state index in [2.05, 4.69) is 10.2 Å². The van der Waals surface area contributed by atoms with E-state index in [9.17, 15) is 4.79 Å². The molecule has 3 fully saturated rings. The Bertz CT molecular complexity index is 316. The average Bonchev–Trinajstić information content (AvgIpc) is 2.89. The summed E-state index contributed by atoms with van der Waals surface area (Å²) < 4.78 is 5.68. The van der Waals surface area contributed by atoms with Crippen LogP contribution in [0.15, 0.2) is 0 Å². The van der Waals surface area contributed by atoms with Gasteiger partial charge in [0.05, 0.1) is 12.5 Å². The number of nitrogens with zero attached hydrogens (tertiary/aromatic N) is 1. The molecule has 1 atom stereocenters. The maximum Gasteiger partial charge on any atom is 0.225 e. The maximum atomic E-state index is 12.3. The molecule has 0 radical (unpaired) electrons. The molecule has 3 rings (SSSR count). The fourth-order valence-corrected chi connectivity index (χ4v) is 3.74. The Morgan fingerprint density at radius 2 is 2.05 bits per heavy atom. The SMILES string of the molecule is Cl.O=C(CC1CCCCO1)N1CCC2(CCNC2)CC1. The Kier molecular flexibility index (Phi) is 5.70. The monoisotopic (exact) mass is 302 g/mol. The molecular weight excluding hydrogens is 276 g/mol. The van der Waals surface area contributed by atoms with Crippen molar-refractivity contribution in [3.05, 3.63) is 0 Å². The summed E-state index contributed by atoms with van der Waals surface area (Å²) in [4.78, 5) is 14.4. The minimum Gasteiger partial charge on any atom is -0.378 e. The van der Waals surface area contributed by atoms with Crippen LogP contribution in [0.4, 0.5) is 0 Å². The van der Waals surface area contributed by atoms with E-state index in [0.29, 0.717) is 17.7 Å². The van der Waals surface area contributed by atoms with Crippen LogP contribution in [0.3, 0.4) is 0 Å². The highest BCUT2D eigenvalue weighted by atomic mass is 35.5. The Labute approximate surface area is 128 Å². The van der Waals surface area contributed by atoms with Crippen molar-refractivity contribution in [2.24, 2.45) is 5.41 Å². The van der Waals surface area contributed by atoms with Crippen LogP contribution in [0.1, 0.15) is 44.9 Å². The molecule has 0 aromatic carbocycles. The zero-order chi connectivity index (χ0) is 13.1. The number of piperidine rings is 1. The summed E-state index contributed by atoms with van der Waals surface area (Å²) in [5.41, 5.74) is 0.498. The first-order valence-corrected chi connectivity index (χ1v) is 7.88. The van der Waals surface area contributed by atoms with E-state index in [-0.39, 0.29) is 18.5 Å². The molecule has 0 saturated carbocycles. The molecule has 20 heavy (non-hydrogen) atoms. The number of halogens is 1. The predicted molar refractivity (Wildman–Crippen MR) is 81.2 cm³/mol. The zero-order valence-electron chi connectivity index (χ0n) is 12.2. The van der Waals surface area contributed by atoms with Crippen LogP contribution < -0.4 is 5.32 Å². The van der Waals surface area contributed by atoms with Gasteiger partial charge in [0.25, 0.3) is 0 Å². The molecular formula is C15H27ClN2O2. The van der Waals surface area contributed by atoms with Crippen molar-refractivity contribution >= 4 is 18.3 Å². The fourth-order valence-electron chi connectivity index (χ4n) is 3.74. The second-order valence-electron chi connectivity index (χ2n) is 6.50. The van der Waals surface area contributed by atoms with Crippen molar-refractivity contribution in [2.75, 3.05) is 32.8 Å². The Morgan fingerprint density at radius 1 is 1.25 bits per heavy atom. The molecule has 0 aromatic rings. The van der Waals surface area contributed by atoms with E-state index in [1.54, 1.807) is 0 Å². The summed E-state index contributed by atoms with van der Waals surface area (Å²) in [6, 6.07) is 0. The summed E-state index contributed by atoms with van der Waals surface area (Å²) in [6.07, 6.45) is 7.87. The lowest BCUT2D eigenvalue weighted by atomic mass is 9.78. The third kappa shape index (κ3) is 3.66. The lowest BCUT2D eigenvalue weighted by Gasteiger charge is -2.39. The number of amides is 1. The summed E-state index contributed by atoms with van der Waals surface area (Å²) in [5, 5.41) is 3.47. The van der Waals surface area contributed by atoms with Crippen molar-refractivity contribution < 1.29 is 9.53 Å². The van der Waals surface area contributed by atoms with Gasteiger partial charge in [-0.15, -0.1) is 12.4 Å². The van der Waals surface area contributed by atoms with Gasteiger partial charge in [0, 0.05) is 26.2 Å². The second-order valence-corrected chi connectivity index (χ2v) is 6.50. The van der Waals surface area contributed by atoms with E-state index >= 15 is 0 Å². The number of likely N-dealkylation sites (tertiary alicyclic amines) is 1. The van der Waals surface area contributed by atoms with E-state index in [0.717, 1.165) is 45.6 Å². The molecule has 0 aromatic heterocycles. The van der Waals surface area contributed by atoms with Gasteiger partial charge in [-0.3, -0.25) is 4.79 Å². The van der Waals surface area contributed by atoms with Crippen LogP contribution >= 0.6 is 12.4 Å². The molecule has 0 bridgehead atoms. The first-order chi connectivity index (χ1) is 9.27. The maximum absolute atomic E-state index is 12.3. The number of hydrogen-bond donors (Lipinski definition) is 1. The molecule has 1 spiro atoms. The normalized spacial score (nSPS) is 29.2. The van der Waals surface area contributed by atoms with Crippen molar-refractivity contribution in [3.8, 4) is 0 Å². The first-order valence-electron chi connectivity index (χ1n) is 7.88. The summed E-state index contributed by atoms with van der Waals surface area (Å²) in [6.45, 7) is 5.05. The highest BCUT2D eigenvalue weighted by molar-refractivity contribution is 5.85. The van der Waals surface area contributed by atoms with Gasteiger partial charge in [-0.25, -0.2) is 0 Å². The Balaban J connectivity index is 0.00000147. The molecule has 0 aliphatic carbocycles. The number of carbonyl (C=O) groups excluding carboxylic acids is 1. The van der Waals surface area contributed by atoms with Crippen molar-refractivity contribution in [3.63, 3.8) is 0 Å². The van der Waals surface area contributed by atoms with Crippen LogP contribution in [-0.2, 0) is 9.53 Å². The topological polar surface area (TPSA) is 41.6 Å². The third-order valence-electron chi connectivity index (χ3n) is 5.19. The van der Waals surface area contributed by atoms with Crippen LogP contribution in [0, 0.1) is 5.41 Å². The van der Waals surface area contributed by atoms with Crippen molar-refractivity contribution in [1.29, 1.82) is 0 Å². The third-order valence-corrected chi connectivity index (χ3v) is 5.19. The van der Waals surface area contributed by atoms with Crippen molar-refractivity contribution in [1.82, 2.24) is 10.2 Å². The number of nitrogens with one attached hydrogen (secondary N) is 1. The molecule has 3 saturated heterocycles. The molecule has 116 valence electrons. The van der Waals surface area contributed by atoms with E-state index in [1.165, 1.54) is 25.7 Å². The van der Waals surface area contributed by atoms with Gasteiger partial charge in [0.1, 0.15) is 0 Å². The standard InChI is InChI=1S/C15H26N2O2.ClH/c18-14(11-13-3-1-2-10-19-13)17-8-5-15(6-9-17)4-7-16-12-15;/h13,16H,1-12H2;1H. The lowest BCUT2D eigenvalue weighted by Crippen LogP contribution is -2.45. The largest absolute Gasteiger partial charge is 0.378 e. The molecule has 1 unspecified atom stereocenters. The van der Waals surface area contributed by atoms with Crippen LogP contribution in [0.25, 0.3) is 0 Å². The van der Waals surface area contributed by atoms with E-state index in [4.69, 9.17) is 4.74 Å². The highest BCUT2D eigenvalue weighted by Gasteiger charge is 2.38. The molecule has 1 N–H and O–H groups in total. The molecule has 1 amide bonds. The Morgan fingerprint density at radius 3 is 2.65 bits per heavy atom.